The number of rotatable bonds is 18. The zero-order valence-electron chi connectivity index (χ0n) is 36.8. The van der Waals surface area contributed by atoms with Gasteiger partial charge in [0.05, 0.1) is 92.2 Å². The Hall–Kier alpha value is -11.5. The van der Waals surface area contributed by atoms with Crippen LogP contribution in [-0.4, -0.2) is 53.9 Å². The van der Waals surface area contributed by atoms with E-state index in [1.54, 1.807) is 12.1 Å². The number of non-ortho nitro benzene ring substituents is 3. The van der Waals surface area contributed by atoms with E-state index in [1.165, 1.54) is 11.1 Å². The van der Waals surface area contributed by atoms with Crippen LogP contribution in [0.3, 0.4) is 0 Å². The zero-order chi connectivity index (χ0) is 54.6. The Morgan fingerprint density at radius 1 is 0.459 bits per heavy atom. The summed E-state index contributed by atoms with van der Waals surface area (Å²) in [5, 5.41) is 118. The molecule has 0 amide bonds. The summed E-state index contributed by atoms with van der Waals surface area (Å²) in [5.41, 5.74) is -5.10. The topological polar surface area (TPSA) is 472 Å². The third kappa shape index (κ3) is 13.6. The smallest absolute Gasteiger partial charge is 0.325 e. The highest BCUT2D eigenvalue weighted by molar-refractivity contribution is 5.66. The Balaban J connectivity index is 0.000000259. The molecule has 0 atom stereocenters. The lowest BCUT2D eigenvalue weighted by Gasteiger charge is -2.08. The van der Waals surface area contributed by atoms with Crippen LogP contribution in [0.4, 0.5) is 51.2 Å². The lowest BCUT2D eigenvalue weighted by molar-refractivity contribution is -0.687. The van der Waals surface area contributed by atoms with Crippen LogP contribution in [0.1, 0.15) is 22.3 Å². The molecule has 34 heteroatoms. The quantitative estimate of drug-likeness (QED) is 0.0684. The second-order valence-corrected chi connectivity index (χ2v) is 14.7. The van der Waals surface area contributed by atoms with Gasteiger partial charge in [-0.3, -0.25) is 96.0 Å². The zero-order valence-corrected chi connectivity index (χ0v) is 36.8. The van der Waals surface area contributed by atoms with Gasteiger partial charge in [-0.05, 0) is 34.4 Å². The number of nitro groups is 9. The van der Waals surface area contributed by atoms with Crippen molar-refractivity contribution in [1.29, 1.82) is 0 Å². The molecule has 5 aromatic carbocycles. The fourth-order valence-electron chi connectivity index (χ4n) is 6.51. The van der Waals surface area contributed by atoms with Gasteiger partial charge < -0.3 is 14.9 Å². The predicted molar refractivity (Wildman–Crippen MR) is 238 cm³/mol. The van der Waals surface area contributed by atoms with E-state index >= 15 is 0 Å². The van der Waals surface area contributed by atoms with Crippen LogP contribution in [0.2, 0.25) is 0 Å². The van der Waals surface area contributed by atoms with Gasteiger partial charge >= 0.3 is 11.4 Å². The highest BCUT2D eigenvalue weighted by Crippen LogP contribution is 2.41. The number of nitrogens with one attached hydrogen (secondary N) is 1. The van der Waals surface area contributed by atoms with Gasteiger partial charge in [-0.1, -0.05) is 36.4 Å². The third-order valence-electron chi connectivity index (χ3n) is 9.73. The van der Waals surface area contributed by atoms with E-state index in [2.05, 4.69) is 32.3 Å². The molecule has 0 aliphatic carbocycles. The molecule has 1 N–H and O–H groups in total. The Bertz CT molecular complexity index is 3180. The molecular weight excluding hydrogens is 999 g/mol. The summed E-state index contributed by atoms with van der Waals surface area (Å²) in [6.07, 6.45) is 11.7. The van der Waals surface area contributed by atoms with Gasteiger partial charge in [-0.15, -0.1) is 0 Å². The van der Waals surface area contributed by atoms with Crippen molar-refractivity contribution >= 4 is 51.2 Å². The Morgan fingerprint density at radius 2 is 0.838 bits per heavy atom. The van der Waals surface area contributed by atoms with Gasteiger partial charge in [0, 0.05) is 0 Å². The maximum absolute atomic E-state index is 11.5. The lowest BCUT2D eigenvalue weighted by atomic mass is 10.1. The van der Waals surface area contributed by atoms with Gasteiger partial charge in [0.1, 0.15) is 51.0 Å². The molecular formula is C40H29N13O21. The van der Waals surface area contributed by atoms with Crippen molar-refractivity contribution in [2.24, 2.45) is 0 Å². The van der Waals surface area contributed by atoms with Gasteiger partial charge in [-0.25, -0.2) is 13.7 Å². The first kappa shape index (κ1) is 53.5. The van der Waals surface area contributed by atoms with E-state index in [0.29, 0.717) is 55.1 Å². The van der Waals surface area contributed by atoms with Crippen LogP contribution in [0.5, 0.6) is 17.2 Å². The second-order valence-electron chi connectivity index (χ2n) is 14.7. The molecule has 0 aliphatic heterocycles. The summed E-state index contributed by atoms with van der Waals surface area (Å²) < 4.78 is 11.7. The van der Waals surface area contributed by atoms with Gasteiger partial charge in [0.2, 0.25) is 12.7 Å². The molecule has 380 valence electrons. The van der Waals surface area contributed by atoms with Crippen LogP contribution in [-0.2, 0) is 26.2 Å². The molecule has 0 unspecified atom stereocenters. The summed E-state index contributed by atoms with van der Waals surface area (Å²) in [4.78, 5) is 89.4. The van der Waals surface area contributed by atoms with E-state index in [0.717, 1.165) is 12.1 Å². The van der Waals surface area contributed by atoms with E-state index in [1.807, 2.05) is 60.2 Å². The van der Waals surface area contributed by atoms with Crippen LogP contribution < -0.4 is 24.1 Å². The number of hydrogen-bond acceptors (Lipinski definition) is 21. The van der Waals surface area contributed by atoms with Crippen molar-refractivity contribution in [3.05, 3.63) is 236 Å². The highest BCUT2D eigenvalue weighted by Gasteiger charge is 2.32. The van der Waals surface area contributed by atoms with Gasteiger partial charge in [-0.2, -0.15) is 0 Å². The number of H-pyrrole nitrogens is 1. The van der Waals surface area contributed by atoms with E-state index in [4.69, 9.17) is 4.74 Å². The number of nitrogens with zero attached hydrogens (tertiary/aromatic N) is 12. The number of nitro benzene ring substituents is 9. The first-order chi connectivity index (χ1) is 34.9. The number of aromatic nitrogens is 4. The molecule has 7 rings (SSSR count). The summed E-state index contributed by atoms with van der Waals surface area (Å²) in [6.45, 7) is 1.78. The molecule has 2 aromatic heterocycles. The van der Waals surface area contributed by atoms with E-state index in [-0.39, 0.29) is 6.61 Å². The maximum atomic E-state index is 11.5. The number of aromatic amines is 1. The highest BCUT2D eigenvalue weighted by atomic mass is 16.7. The maximum Gasteiger partial charge on any atom is 0.325 e. The lowest BCUT2D eigenvalue weighted by Crippen LogP contribution is -2.31. The normalized spacial score (nSPS) is 10.4. The molecule has 0 fully saturated rings. The van der Waals surface area contributed by atoms with Crippen LogP contribution in [0.25, 0.3) is 0 Å². The molecule has 34 nitrogen and oxygen atoms in total. The van der Waals surface area contributed by atoms with Crippen molar-refractivity contribution in [3.8, 4) is 17.2 Å². The van der Waals surface area contributed by atoms with E-state index < -0.39 is 113 Å². The second kappa shape index (κ2) is 23.2. The summed E-state index contributed by atoms with van der Waals surface area (Å²) in [6, 6.07) is 18.5. The molecule has 0 bridgehead atoms. The molecule has 0 saturated heterocycles. The van der Waals surface area contributed by atoms with Crippen molar-refractivity contribution in [3.63, 3.8) is 0 Å². The Kier molecular flexibility index (Phi) is 16.8. The number of imidazole rings is 2. The first-order valence-electron chi connectivity index (χ1n) is 20.0. The summed E-state index contributed by atoms with van der Waals surface area (Å²) in [5.74, 6) is -3.55. The van der Waals surface area contributed by atoms with Crippen molar-refractivity contribution in [2.45, 2.75) is 26.2 Å². The van der Waals surface area contributed by atoms with Crippen LogP contribution >= 0.6 is 0 Å². The van der Waals surface area contributed by atoms with Gasteiger partial charge in [0.15, 0.2) is 0 Å². The molecule has 7 aromatic rings. The van der Waals surface area contributed by atoms with Crippen molar-refractivity contribution in [2.75, 3.05) is 0 Å². The van der Waals surface area contributed by atoms with E-state index in [9.17, 15) is 101 Å². The largest absolute Gasteiger partial charge is 0.863 e. The standard InChI is InChI=1S/C28H24N7O7.2C6H3N3O7/c36-33(37)25-13-26(34(38)39)28(27(14-25)35(40)41)42-18-24-6-2-5-23(12-24)17-32-10-9-31(20-32)16-22-4-1-3-21(11-22)15-30-8-7-29-19-30;2*10-6-4(8(13)14)1-3(7(11)12)2-5(6)9(15)16/h1-14,19-20H,15-18H2;2*1-2,10H/q+1;;/p-1. The minimum absolute atomic E-state index is 0.212. The average molecular weight is 1030 g/mol. The third-order valence-corrected chi connectivity index (χ3v) is 9.73. The van der Waals surface area contributed by atoms with Gasteiger partial charge in [0.25, 0.3) is 45.6 Å². The monoisotopic (exact) mass is 1030 g/mol. The molecule has 0 spiro atoms. The number of benzene rings is 5. The van der Waals surface area contributed by atoms with Crippen LogP contribution in [0, 0.1) is 91.0 Å². The fourth-order valence-corrected chi connectivity index (χ4v) is 6.51. The number of ether oxygens (including phenoxy) is 1. The molecule has 0 aliphatic rings. The average Bonchev–Trinajstić information content (AvgIpc) is 4.02. The molecule has 2 heterocycles. The van der Waals surface area contributed by atoms with Crippen molar-refractivity contribution < 1.29 is 68.4 Å². The SMILES string of the molecule is O=[N+]([O-])c1cc([N+](=O)[O-])c(OCc2cccc(C[n+]3ccn(Cc4cccc(C[n+]5cc[nH]c5)c4)c3)c2)c([N+](=O)[O-])c1.O=[N+]([O-])c1cc([N+](=O)[O-])c([O-])c([N+](=O)[O-])c1.O=[N+]([O-])c1cc([N+](=O)[O-])c([O-])c([N+](=O)[O-])c1. The Labute approximate surface area is 407 Å². The molecule has 74 heavy (non-hydrogen) atoms. The summed E-state index contributed by atoms with van der Waals surface area (Å²) in [7, 11) is 0. The minimum Gasteiger partial charge on any atom is -0.863 e. The first-order valence-corrected chi connectivity index (χ1v) is 20.0. The summed E-state index contributed by atoms with van der Waals surface area (Å²) >= 11 is 0. The Morgan fingerprint density at radius 3 is 1.23 bits per heavy atom. The molecule has 0 saturated carbocycles. The minimum atomic E-state index is -1.46. The van der Waals surface area contributed by atoms with Crippen molar-refractivity contribution in [1.82, 2.24) is 9.55 Å². The number of hydrogen-bond donors (Lipinski definition) is 1. The fraction of sp³-hybridized carbons (Fsp3) is 0.100. The molecule has 0 radical (unpaired) electrons. The predicted octanol–water partition coefficient (Wildman–Crippen LogP) is 4.81. The van der Waals surface area contributed by atoms with Crippen LogP contribution in [0.15, 0.2) is 122 Å².